The number of nitrogens with zero attached hydrogens (tertiary/aromatic N) is 3. The molecule has 1 aliphatic heterocycles. The molecule has 1 fully saturated rings. The van der Waals surface area contributed by atoms with E-state index in [1.807, 2.05) is 13.1 Å². The molecule has 0 saturated carbocycles. The van der Waals surface area contributed by atoms with E-state index in [-0.39, 0.29) is 0 Å². The topological polar surface area (TPSA) is 56.8 Å². The second kappa shape index (κ2) is 6.92. The van der Waals surface area contributed by atoms with E-state index >= 15 is 0 Å². The summed E-state index contributed by atoms with van der Waals surface area (Å²) in [6, 6.07) is 4.31. The number of aryl methyl sites for hydroxylation is 2. The van der Waals surface area contributed by atoms with Crippen LogP contribution in [0.5, 0.6) is 0 Å². The Morgan fingerprint density at radius 3 is 2.73 bits per heavy atom. The largest absolute Gasteiger partial charge is 0.357 e. The molecule has 0 atom stereocenters. The minimum atomic E-state index is 0.843. The van der Waals surface area contributed by atoms with Crippen molar-refractivity contribution in [1.29, 1.82) is 0 Å². The van der Waals surface area contributed by atoms with Gasteiger partial charge in [0.05, 0.1) is 5.69 Å². The van der Waals surface area contributed by atoms with E-state index < -0.39 is 0 Å². The van der Waals surface area contributed by atoms with Gasteiger partial charge in [-0.05, 0) is 50.8 Å². The average Bonchev–Trinajstić information content (AvgIpc) is 2.88. The van der Waals surface area contributed by atoms with E-state index in [2.05, 4.69) is 44.5 Å². The predicted octanol–water partition coefficient (Wildman–Crippen LogP) is 2.70. The fraction of sp³-hybridized carbons (Fsp3) is 0.529. The molecule has 22 heavy (non-hydrogen) atoms. The fourth-order valence-corrected chi connectivity index (χ4v) is 3.03. The number of nitrogens with one attached hydrogen (secondary N) is 2. The minimum absolute atomic E-state index is 0.843. The van der Waals surface area contributed by atoms with Crippen molar-refractivity contribution in [3.8, 4) is 0 Å². The Balaban J connectivity index is 1.58. The van der Waals surface area contributed by atoms with Crippen LogP contribution in [0.15, 0.2) is 18.3 Å². The molecule has 0 spiro atoms. The van der Waals surface area contributed by atoms with Gasteiger partial charge in [0.1, 0.15) is 5.82 Å². The monoisotopic (exact) mass is 299 g/mol. The van der Waals surface area contributed by atoms with Gasteiger partial charge >= 0.3 is 0 Å². The Morgan fingerprint density at radius 1 is 1.18 bits per heavy atom. The van der Waals surface area contributed by atoms with E-state index in [0.717, 1.165) is 43.4 Å². The van der Waals surface area contributed by atoms with Crippen molar-refractivity contribution in [1.82, 2.24) is 20.5 Å². The number of rotatable bonds is 5. The van der Waals surface area contributed by atoms with Gasteiger partial charge in [-0.1, -0.05) is 0 Å². The highest BCUT2D eigenvalue weighted by atomic mass is 15.2. The molecule has 1 saturated heterocycles. The molecule has 5 nitrogen and oxygen atoms in total. The highest BCUT2D eigenvalue weighted by Crippen LogP contribution is 2.18. The van der Waals surface area contributed by atoms with Gasteiger partial charge in [0.25, 0.3) is 0 Å². The van der Waals surface area contributed by atoms with Gasteiger partial charge in [-0.25, -0.2) is 4.98 Å². The van der Waals surface area contributed by atoms with Crippen LogP contribution in [0.1, 0.15) is 41.8 Å². The summed E-state index contributed by atoms with van der Waals surface area (Å²) < 4.78 is 0. The van der Waals surface area contributed by atoms with Gasteiger partial charge in [-0.15, -0.1) is 0 Å². The molecule has 2 aromatic heterocycles. The summed E-state index contributed by atoms with van der Waals surface area (Å²) in [5.74, 6) is 1.12. The summed E-state index contributed by atoms with van der Waals surface area (Å²) in [6.07, 6.45) is 5.84. The molecular formula is C17H25N5. The number of aromatic nitrogens is 3. The lowest BCUT2D eigenvalue weighted by atomic mass is 10.1. The normalized spacial score (nSPS) is 15.3. The SMILES string of the molecule is Cc1n[nH]c(C)c1CNCc1ccnc(N2CCCCC2)c1. The molecule has 0 radical (unpaired) electrons. The first-order chi connectivity index (χ1) is 10.7. The van der Waals surface area contributed by atoms with Crippen molar-refractivity contribution in [2.75, 3.05) is 18.0 Å². The number of hydrogen-bond acceptors (Lipinski definition) is 4. The first-order valence-corrected chi connectivity index (χ1v) is 8.15. The van der Waals surface area contributed by atoms with Crippen LogP contribution in [0.25, 0.3) is 0 Å². The zero-order valence-corrected chi connectivity index (χ0v) is 13.5. The summed E-state index contributed by atoms with van der Waals surface area (Å²) in [5.41, 5.74) is 4.78. The zero-order chi connectivity index (χ0) is 15.4. The molecule has 2 N–H and O–H groups in total. The van der Waals surface area contributed by atoms with Crippen LogP contribution >= 0.6 is 0 Å². The Morgan fingerprint density at radius 2 is 2.00 bits per heavy atom. The van der Waals surface area contributed by atoms with Crippen molar-refractivity contribution < 1.29 is 0 Å². The molecule has 1 aliphatic rings. The first-order valence-electron chi connectivity index (χ1n) is 8.15. The van der Waals surface area contributed by atoms with Crippen molar-refractivity contribution >= 4 is 5.82 Å². The van der Waals surface area contributed by atoms with Gasteiger partial charge in [-0.3, -0.25) is 5.10 Å². The lowest BCUT2D eigenvalue weighted by Gasteiger charge is -2.27. The third-order valence-corrected chi connectivity index (χ3v) is 4.40. The maximum Gasteiger partial charge on any atom is 0.128 e. The molecular weight excluding hydrogens is 274 g/mol. The highest BCUT2D eigenvalue weighted by Gasteiger charge is 2.12. The van der Waals surface area contributed by atoms with Crippen LogP contribution in [0.4, 0.5) is 5.82 Å². The lowest BCUT2D eigenvalue weighted by Crippen LogP contribution is -2.30. The second-order valence-electron chi connectivity index (χ2n) is 6.09. The van der Waals surface area contributed by atoms with Gasteiger partial charge in [0, 0.05) is 43.6 Å². The van der Waals surface area contributed by atoms with Gasteiger partial charge in [0.15, 0.2) is 0 Å². The van der Waals surface area contributed by atoms with E-state index in [1.165, 1.54) is 30.4 Å². The predicted molar refractivity (Wildman–Crippen MR) is 88.9 cm³/mol. The molecule has 5 heteroatoms. The van der Waals surface area contributed by atoms with Crippen molar-refractivity contribution in [3.05, 3.63) is 40.8 Å². The number of aromatic amines is 1. The van der Waals surface area contributed by atoms with Gasteiger partial charge in [0.2, 0.25) is 0 Å². The van der Waals surface area contributed by atoms with E-state index in [4.69, 9.17) is 0 Å². The summed E-state index contributed by atoms with van der Waals surface area (Å²) in [6.45, 7) is 8.08. The van der Waals surface area contributed by atoms with Crippen LogP contribution in [0.2, 0.25) is 0 Å². The molecule has 0 amide bonds. The minimum Gasteiger partial charge on any atom is -0.357 e. The molecule has 0 unspecified atom stereocenters. The van der Waals surface area contributed by atoms with Gasteiger partial charge < -0.3 is 10.2 Å². The standard InChI is InChI=1S/C17H25N5/c1-13-16(14(2)21-20-13)12-18-11-15-6-7-19-17(10-15)22-8-4-3-5-9-22/h6-7,10,18H,3-5,8-9,11-12H2,1-2H3,(H,20,21). The number of piperidine rings is 1. The quantitative estimate of drug-likeness (QED) is 0.891. The Labute approximate surface area is 132 Å². The summed E-state index contributed by atoms with van der Waals surface area (Å²) in [4.78, 5) is 6.93. The number of anilines is 1. The fourth-order valence-electron chi connectivity index (χ4n) is 3.03. The average molecular weight is 299 g/mol. The number of hydrogen-bond donors (Lipinski definition) is 2. The molecule has 2 aromatic rings. The smallest absolute Gasteiger partial charge is 0.128 e. The summed E-state index contributed by atoms with van der Waals surface area (Å²) in [5, 5.41) is 10.8. The summed E-state index contributed by atoms with van der Waals surface area (Å²) >= 11 is 0. The molecule has 3 rings (SSSR count). The molecule has 0 bridgehead atoms. The van der Waals surface area contributed by atoms with E-state index in [0.29, 0.717) is 0 Å². The molecule has 118 valence electrons. The Hall–Kier alpha value is -1.88. The van der Waals surface area contributed by atoms with Gasteiger partial charge in [-0.2, -0.15) is 5.10 Å². The molecule has 0 aromatic carbocycles. The highest BCUT2D eigenvalue weighted by molar-refractivity contribution is 5.41. The second-order valence-corrected chi connectivity index (χ2v) is 6.09. The van der Waals surface area contributed by atoms with Crippen LogP contribution in [0, 0.1) is 13.8 Å². The zero-order valence-electron chi connectivity index (χ0n) is 13.5. The van der Waals surface area contributed by atoms with Crippen molar-refractivity contribution in [2.45, 2.75) is 46.2 Å². The lowest BCUT2D eigenvalue weighted by molar-refractivity contribution is 0.573. The third kappa shape index (κ3) is 3.47. The number of H-pyrrole nitrogens is 1. The Kier molecular flexibility index (Phi) is 4.73. The summed E-state index contributed by atoms with van der Waals surface area (Å²) in [7, 11) is 0. The molecule has 3 heterocycles. The maximum absolute atomic E-state index is 4.53. The Bertz CT molecular complexity index is 594. The first kappa shape index (κ1) is 15.0. The van der Waals surface area contributed by atoms with Crippen molar-refractivity contribution in [2.24, 2.45) is 0 Å². The molecule has 0 aliphatic carbocycles. The van der Waals surface area contributed by atoms with Crippen molar-refractivity contribution in [3.63, 3.8) is 0 Å². The van der Waals surface area contributed by atoms with Crippen LogP contribution in [0.3, 0.4) is 0 Å². The van der Waals surface area contributed by atoms with Crippen LogP contribution in [-0.4, -0.2) is 28.3 Å². The van der Waals surface area contributed by atoms with E-state index in [9.17, 15) is 0 Å². The maximum atomic E-state index is 4.53. The van der Waals surface area contributed by atoms with Crippen LogP contribution in [-0.2, 0) is 13.1 Å². The number of pyridine rings is 1. The van der Waals surface area contributed by atoms with Crippen LogP contribution < -0.4 is 10.2 Å². The van der Waals surface area contributed by atoms with E-state index in [1.54, 1.807) is 0 Å². The third-order valence-electron chi connectivity index (χ3n) is 4.40.